The Labute approximate surface area is 154 Å². The first-order valence-electron chi connectivity index (χ1n) is 8.69. The predicted molar refractivity (Wildman–Crippen MR) is 103 cm³/mol. The van der Waals surface area contributed by atoms with Crippen LogP contribution < -0.4 is 10.5 Å². The maximum atomic E-state index is 12.2. The number of sulfonamides is 1. The molecule has 1 amide bonds. The largest absolute Gasteiger partial charge is 0.369 e. The van der Waals surface area contributed by atoms with E-state index in [1.807, 2.05) is 48.5 Å². The molecular weight excluding hydrogens is 348 g/mol. The van der Waals surface area contributed by atoms with Crippen molar-refractivity contribution in [3.05, 3.63) is 60.2 Å². The number of carbonyl (C=O) groups is 1. The Morgan fingerprint density at radius 2 is 1.85 bits per heavy atom. The lowest BCUT2D eigenvalue weighted by Crippen LogP contribution is -2.40. The van der Waals surface area contributed by atoms with Crippen LogP contribution in [0.2, 0.25) is 0 Å². The van der Waals surface area contributed by atoms with Gasteiger partial charge in [-0.25, -0.2) is 13.1 Å². The van der Waals surface area contributed by atoms with E-state index in [0.29, 0.717) is 25.7 Å². The number of benzene rings is 2. The fourth-order valence-electron chi connectivity index (χ4n) is 3.88. The van der Waals surface area contributed by atoms with E-state index in [-0.39, 0.29) is 11.9 Å². The van der Waals surface area contributed by atoms with Gasteiger partial charge < -0.3 is 5.73 Å². The Kier molecular flexibility index (Phi) is 5.16. The quantitative estimate of drug-likeness (QED) is 0.816. The number of nitrogens with one attached hydrogen (secondary N) is 1. The molecule has 0 aliphatic heterocycles. The molecule has 5 nitrogen and oxygen atoms in total. The second-order valence-electron chi connectivity index (χ2n) is 7.22. The molecule has 2 aromatic carbocycles. The first kappa shape index (κ1) is 18.6. The third-order valence-electron chi connectivity index (χ3n) is 5.09. The molecule has 6 heteroatoms. The molecule has 1 aliphatic carbocycles. The van der Waals surface area contributed by atoms with Gasteiger partial charge in [-0.1, -0.05) is 54.6 Å². The van der Waals surface area contributed by atoms with E-state index in [4.69, 9.17) is 5.73 Å². The van der Waals surface area contributed by atoms with E-state index in [2.05, 4.69) is 10.8 Å². The minimum absolute atomic E-state index is 0.241. The van der Waals surface area contributed by atoms with Crippen LogP contribution in [-0.4, -0.2) is 26.6 Å². The molecule has 138 valence electrons. The van der Waals surface area contributed by atoms with Crippen LogP contribution in [0.4, 0.5) is 0 Å². The molecule has 0 spiro atoms. The summed E-state index contributed by atoms with van der Waals surface area (Å²) in [6.07, 6.45) is 3.30. The number of rotatable bonds is 6. The molecule has 0 saturated heterocycles. The van der Waals surface area contributed by atoms with Crippen molar-refractivity contribution in [2.75, 3.05) is 6.26 Å². The summed E-state index contributed by atoms with van der Waals surface area (Å²) in [5.41, 5.74) is 8.27. The van der Waals surface area contributed by atoms with Crippen LogP contribution in [0, 0.1) is 5.41 Å². The van der Waals surface area contributed by atoms with Crippen molar-refractivity contribution in [2.45, 2.75) is 31.7 Å². The molecule has 3 rings (SSSR count). The van der Waals surface area contributed by atoms with Gasteiger partial charge in [-0.15, -0.1) is 0 Å². The number of carbonyl (C=O) groups excluding carboxylic acids is 1. The van der Waals surface area contributed by atoms with Crippen LogP contribution in [0.1, 0.15) is 24.8 Å². The van der Waals surface area contributed by atoms with Crippen LogP contribution in [0.25, 0.3) is 11.1 Å². The average Bonchev–Trinajstić information content (AvgIpc) is 2.98. The molecule has 1 saturated carbocycles. The molecule has 0 radical (unpaired) electrons. The molecule has 1 fully saturated rings. The molecule has 0 bridgehead atoms. The van der Waals surface area contributed by atoms with Gasteiger partial charge in [0.1, 0.15) is 0 Å². The molecule has 0 aromatic heterocycles. The summed E-state index contributed by atoms with van der Waals surface area (Å²) in [6.45, 7) is 0. The van der Waals surface area contributed by atoms with Crippen molar-refractivity contribution in [1.29, 1.82) is 0 Å². The third kappa shape index (κ3) is 4.31. The highest BCUT2D eigenvalue weighted by molar-refractivity contribution is 7.88. The number of primary amides is 1. The standard InChI is InChI=1S/C20H24N2O3S/c1-26(24,25)22-18-10-11-20(14-18,19(21)23)13-15-6-5-9-17(12-15)16-7-3-2-4-8-16/h2-9,12,18,22H,10-11,13-14H2,1H3,(H2,21,23)/t18-,20+/m0/s1. The van der Waals surface area contributed by atoms with Gasteiger partial charge in [-0.3, -0.25) is 4.79 Å². The summed E-state index contributed by atoms with van der Waals surface area (Å²) in [7, 11) is -3.30. The molecule has 0 heterocycles. The first-order chi connectivity index (χ1) is 12.3. The minimum Gasteiger partial charge on any atom is -0.369 e. The van der Waals surface area contributed by atoms with Crippen LogP contribution in [-0.2, 0) is 21.2 Å². The van der Waals surface area contributed by atoms with Gasteiger partial charge >= 0.3 is 0 Å². The SMILES string of the molecule is CS(=O)(=O)N[C@H]1CC[C@](Cc2cccc(-c3ccccc3)c2)(C(N)=O)C1. The van der Waals surface area contributed by atoms with Crippen molar-refractivity contribution in [3.8, 4) is 11.1 Å². The van der Waals surface area contributed by atoms with Crippen molar-refractivity contribution in [1.82, 2.24) is 4.72 Å². The Hall–Kier alpha value is -2.18. The maximum Gasteiger partial charge on any atom is 0.224 e. The third-order valence-corrected chi connectivity index (χ3v) is 5.85. The average molecular weight is 372 g/mol. The van der Waals surface area contributed by atoms with Gasteiger partial charge in [0.05, 0.1) is 11.7 Å². The minimum atomic E-state index is -3.30. The molecule has 2 aromatic rings. The molecule has 26 heavy (non-hydrogen) atoms. The summed E-state index contributed by atoms with van der Waals surface area (Å²) >= 11 is 0. The zero-order valence-electron chi connectivity index (χ0n) is 14.8. The summed E-state index contributed by atoms with van der Waals surface area (Å²) < 4.78 is 25.6. The molecule has 0 unspecified atom stereocenters. The fraction of sp³-hybridized carbons (Fsp3) is 0.350. The second-order valence-corrected chi connectivity index (χ2v) is 9.00. The van der Waals surface area contributed by atoms with Gasteiger partial charge in [0.2, 0.25) is 15.9 Å². The summed E-state index contributed by atoms with van der Waals surface area (Å²) in [6, 6.07) is 17.9. The molecule has 2 atom stereocenters. The Morgan fingerprint density at radius 3 is 2.50 bits per heavy atom. The lowest BCUT2D eigenvalue weighted by atomic mass is 9.78. The highest BCUT2D eigenvalue weighted by Gasteiger charge is 2.44. The van der Waals surface area contributed by atoms with E-state index in [9.17, 15) is 13.2 Å². The summed E-state index contributed by atoms with van der Waals surface area (Å²) in [4.78, 5) is 12.2. The smallest absolute Gasteiger partial charge is 0.224 e. The number of hydrogen-bond acceptors (Lipinski definition) is 3. The lowest BCUT2D eigenvalue weighted by Gasteiger charge is -2.26. The Bertz CT molecular complexity index is 896. The number of nitrogens with two attached hydrogens (primary N) is 1. The van der Waals surface area contributed by atoms with E-state index < -0.39 is 15.4 Å². The summed E-state index contributed by atoms with van der Waals surface area (Å²) in [5.74, 6) is -0.361. The summed E-state index contributed by atoms with van der Waals surface area (Å²) in [5, 5.41) is 0. The van der Waals surface area contributed by atoms with Crippen molar-refractivity contribution >= 4 is 15.9 Å². The Morgan fingerprint density at radius 1 is 1.15 bits per heavy atom. The molecular formula is C20H24N2O3S. The van der Waals surface area contributed by atoms with Gasteiger partial charge in [-0.2, -0.15) is 0 Å². The zero-order valence-corrected chi connectivity index (χ0v) is 15.6. The lowest BCUT2D eigenvalue weighted by molar-refractivity contribution is -0.127. The normalized spacial score (nSPS) is 23.0. The monoisotopic (exact) mass is 372 g/mol. The fourth-order valence-corrected chi connectivity index (χ4v) is 4.69. The van der Waals surface area contributed by atoms with Gasteiger partial charge in [-0.05, 0) is 42.4 Å². The first-order valence-corrected chi connectivity index (χ1v) is 10.6. The van der Waals surface area contributed by atoms with E-state index in [1.54, 1.807) is 0 Å². The van der Waals surface area contributed by atoms with Crippen molar-refractivity contribution < 1.29 is 13.2 Å². The second kappa shape index (κ2) is 7.21. The maximum absolute atomic E-state index is 12.2. The zero-order chi connectivity index (χ0) is 18.8. The van der Waals surface area contributed by atoms with Gasteiger partial charge in [0.15, 0.2) is 0 Å². The van der Waals surface area contributed by atoms with Crippen LogP contribution in [0.15, 0.2) is 54.6 Å². The molecule has 1 aliphatic rings. The van der Waals surface area contributed by atoms with Crippen molar-refractivity contribution in [2.24, 2.45) is 11.1 Å². The van der Waals surface area contributed by atoms with Gasteiger partial charge in [0, 0.05) is 6.04 Å². The predicted octanol–water partition coefficient (Wildman–Crippen LogP) is 2.47. The number of amides is 1. The van der Waals surface area contributed by atoms with Crippen LogP contribution in [0.5, 0.6) is 0 Å². The Balaban J connectivity index is 1.83. The topological polar surface area (TPSA) is 89.3 Å². The molecule has 3 N–H and O–H groups in total. The number of hydrogen-bond donors (Lipinski definition) is 2. The van der Waals surface area contributed by atoms with E-state index >= 15 is 0 Å². The van der Waals surface area contributed by atoms with E-state index in [0.717, 1.165) is 22.9 Å². The van der Waals surface area contributed by atoms with Crippen LogP contribution in [0.3, 0.4) is 0 Å². The van der Waals surface area contributed by atoms with Crippen molar-refractivity contribution in [3.63, 3.8) is 0 Å². The highest BCUT2D eigenvalue weighted by Crippen LogP contribution is 2.41. The van der Waals surface area contributed by atoms with E-state index in [1.165, 1.54) is 0 Å². The highest BCUT2D eigenvalue weighted by atomic mass is 32.2. The van der Waals surface area contributed by atoms with Crippen LogP contribution >= 0.6 is 0 Å². The van der Waals surface area contributed by atoms with Gasteiger partial charge in [0.25, 0.3) is 0 Å².